The summed E-state index contributed by atoms with van der Waals surface area (Å²) in [5.74, 6) is 0. The molecule has 19 heavy (non-hydrogen) atoms. The maximum absolute atomic E-state index is 11.6. The van der Waals surface area contributed by atoms with Crippen LogP contribution in [0.15, 0.2) is 0 Å². The molecule has 1 heterocycles. The Hall–Kier alpha value is -1.46. The molecule has 0 aromatic heterocycles. The smallest absolute Gasteiger partial charge is 0.409 e. The predicted octanol–water partition coefficient (Wildman–Crippen LogP) is 2.13. The molecule has 1 rings (SSSR count). The van der Waals surface area contributed by atoms with Gasteiger partial charge in [0.1, 0.15) is 5.60 Å². The summed E-state index contributed by atoms with van der Waals surface area (Å²) in [6, 6.07) is -0.0197. The van der Waals surface area contributed by atoms with Gasteiger partial charge in [-0.3, -0.25) is 0 Å². The molecule has 0 aromatic rings. The summed E-state index contributed by atoms with van der Waals surface area (Å²) in [6.45, 7) is 6.51. The van der Waals surface area contributed by atoms with Crippen LogP contribution in [0.3, 0.4) is 0 Å². The van der Waals surface area contributed by atoms with Crippen LogP contribution in [0.25, 0.3) is 0 Å². The van der Waals surface area contributed by atoms with Crippen molar-refractivity contribution in [2.45, 2.75) is 51.7 Å². The van der Waals surface area contributed by atoms with Gasteiger partial charge in [-0.15, -0.1) is 0 Å². The van der Waals surface area contributed by atoms with E-state index in [1.165, 1.54) is 7.11 Å². The van der Waals surface area contributed by atoms with Crippen LogP contribution in [0.1, 0.15) is 40.0 Å². The lowest BCUT2D eigenvalue weighted by atomic mass is 10.0. The molecule has 1 aliphatic heterocycles. The van der Waals surface area contributed by atoms with Gasteiger partial charge < -0.3 is 19.7 Å². The van der Waals surface area contributed by atoms with E-state index in [2.05, 4.69) is 5.32 Å². The maximum Gasteiger partial charge on any atom is 0.409 e. The quantitative estimate of drug-likeness (QED) is 0.836. The zero-order valence-electron chi connectivity index (χ0n) is 12.2. The molecule has 0 saturated carbocycles. The Morgan fingerprint density at radius 2 is 2.00 bits per heavy atom. The second-order valence-corrected chi connectivity index (χ2v) is 5.70. The minimum atomic E-state index is -0.515. The van der Waals surface area contributed by atoms with Crippen LogP contribution in [-0.2, 0) is 9.47 Å². The molecule has 1 saturated heterocycles. The monoisotopic (exact) mass is 272 g/mol. The number of alkyl carbamates (subject to hydrolysis) is 1. The van der Waals surface area contributed by atoms with Gasteiger partial charge in [0, 0.05) is 13.1 Å². The minimum absolute atomic E-state index is 0.0197. The summed E-state index contributed by atoms with van der Waals surface area (Å²) in [5.41, 5.74) is -0.515. The number of hydrogen-bond donors (Lipinski definition) is 1. The topological polar surface area (TPSA) is 67.9 Å². The Morgan fingerprint density at radius 1 is 1.32 bits per heavy atom. The van der Waals surface area contributed by atoms with Crippen molar-refractivity contribution in [3.05, 3.63) is 0 Å². The molecule has 110 valence electrons. The van der Waals surface area contributed by atoms with E-state index in [9.17, 15) is 9.59 Å². The molecule has 6 nitrogen and oxygen atoms in total. The summed E-state index contributed by atoms with van der Waals surface area (Å²) in [7, 11) is 1.37. The number of nitrogens with zero attached hydrogens (tertiary/aromatic N) is 1. The van der Waals surface area contributed by atoms with Gasteiger partial charge in [0.25, 0.3) is 0 Å². The van der Waals surface area contributed by atoms with Crippen molar-refractivity contribution in [1.82, 2.24) is 10.2 Å². The lowest BCUT2D eigenvalue weighted by Crippen LogP contribution is -2.49. The van der Waals surface area contributed by atoms with Gasteiger partial charge in [0.15, 0.2) is 0 Å². The van der Waals surface area contributed by atoms with Gasteiger partial charge in [0.2, 0.25) is 0 Å². The van der Waals surface area contributed by atoms with E-state index in [0.717, 1.165) is 19.3 Å². The largest absolute Gasteiger partial charge is 0.453 e. The lowest BCUT2D eigenvalue weighted by molar-refractivity contribution is 0.0483. The summed E-state index contributed by atoms with van der Waals surface area (Å²) in [6.07, 6.45) is 2.09. The van der Waals surface area contributed by atoms with Gasteiger partial charge in [-0.1, -0.05) is 0 Å². The molecular formula is C13H24N2O4. The van der Waals surface area contributed by atoms with Crippen molar-refractivity contribution in [2.24, 2.45) is 0 Å². The molecule has 0 aliphatic carbocycles. The van der Waals surface area contributed by atoms with Crippen LogP contribution in [0.2, 0.25) is 0 Å². The van der Waals surface area contributed by atoms with Crippen LogP contribution < -0.4 is 5.32 Å². The lowest BCUT2D eigenvalue weighted by Gasteiger charge is -2.34. The fourth-order valence-corrected chi connectivity index (χ4v) is 2.09. The van der Waals surface area contributed by atoms with Gasteiger partial charge in [0.05, 0.1) is 13.2 Å². The molecule has 1 atom stereocenters. The highest BCUT2D eigenvalue weighted by Crippen LogP contribution is 2.17. The highest BCUT2D eigenvalue weighted by Gasteiger charge is 2.28. The van der Waals surface area contributed by atoms with E-state index in [1.54, 1.807) is 4.90 Å². The number of methoxy groups -OCH3 is 1. The molecule has 1 aliphatic rings. The third-order valence-electron chi connectivity index (χ3n) is 2.92. The zero-order valence-corrected chi connectivity index (χ0v) is 12.2. The first-order valence-corrected chi connectivity index (χ1v) is 6.65. The number of nitrogens with one attached hydrogen (secondary N) is 1. The van der Waals surface area contributed by atoms with Crippen molar-refractivity contribution < 1.29 is 19.1 Å². The van der Waals surface area contributed by atoms with Crippen molar-refractivity contribution >= 4 is 12.2 Å². The number of likely N-dealkylation sites (tertiary alicyclic amines) is 1. The SMILES string of the molecule is COC(=O)N1CCCC[C@H]1CNC(=O)OC(C)(C)C. The Kier molecular flexibility index (Phi) is 5.44. The maximum atomic E-state index is 11.6. The number of ether oxygens (including phenoxy) is 2. The van der Waals surface area contributed by atoms with E-state index in [0.29, 0.717) is 13.1 Å². The van der Waals surface area contributed by atoms with Crippen molar-refractivity contribution in [2.75, 3.05) is 20.2 Å². The highest BCUT2D eigenvalue weighted by molar-refractivity contribution is 5.69. The number of carbonyl (C=O) groups is 2. The normalized spacial score (nSPS) is 19.8. The van der Waals surface area contributed by atoms with E-state index in [4.69, 9.17) is 9.47 Å². The van der Waals surface area contributed by atoms with E-state index < -0.39 is 11.7 Å². The van der Waals surface area contributed by atoms with Gasteiger partial charge in [-0.05, 0) is 40.0 Å². The average molecular weight is 272 g/mol. The molecule has 0 unspecified atom stereocenters. The molecule has 0 radical (unpaired) electrons. The molecular weight excluding hydrogens is 248 g/mol. The standard InChI is InChI=1S/C13H24N2O4/c1-13(2,3)19-11(16)14-9-10-7-5-6-8-15(10)12(17)18-4/h10H,5-9H2,1-4H3,(H,14,16)/t10-/m0/s1. The predicted molar refractivity (Wildman–Crippen MR) is 71.0 cm³/mol. The number of carbonyl (C=O) groups excluding carboxylic acids is 2. The third-order valence-corrected chi connectivity index (χ3v) is 2.92. The van der Waals surface area contributed by atoms with Gasteiger partial charge >= 0.3 is 12.2 Å². The molecule has 0 bridgehead atoms. The average Bonchev–Trinajstić information content (AvgIpc) is 2.33. The second kappa shape index (κ2) is 6.63. The summed E-state index contributed by atoms with van der Waals surface area (Å²) in [5, 5.41) is 2.71. The van der Waals surface area contributed by atoms with Crippen LogP contribution in [0.4, 0.5) is 9.59 Å². The van der Waals surface area contributed by atoms with E-state index >= 15 is 0 Å². The molecule has 1 fully saturated rings. The van der Waals surface area contributed by atoms with Crippen LogP contribution in [-0.4, -0.2) is 48.9 Å². The van der Waals surface area contributed by atoms with Crippen LogP contribution in [0, 0.1) is 0 Å². The first-order valence-electron chi connectivity index (χ1n) is 6.65. The van der Waals surface area contributed by atoms with Crippen molar-refractivity contribution in [3.63, 3.8) is 0 Å². The van der Waals surface area contributed by atoms with Crippen LogP contribution >= 0.6 is 0 Å². The number of hydrogen-bond acceptors (Lipinski definition) is 4. The van der Waals surface area contributed by atoms with Gasteiger partial charge in [-0.2, -0.15) is 0 Å². The zero-order chi connectivity index (χ0) is 14.5. The first-order chi connectivity index (χ1) is 8.83. The van der Waals surface area contributed by atoms with Gasteiger partial charge in [-0.25, -0.2) is 9.59 Å². The highest BCUT2D eigenvalue weighted by atomic mass is 16.6. The van der Waals surface area contributed by atoms with Crippen LogP contribution in [0.5, 0.6) is 0 Å². The summed E-state index contributed by atoms with van der Waals surface area (Å²) < 4.78 is 9.92. The van der Waals surface area contributed by atoms with E-state index in [1.807, 2.05) is 20.8 Å². The molecule has 1 N–H and O–H groups in total. The summed E-state index contributed by atoms with van der Waals surface area (Å²) in [4.78, 5) is 24.9. The third kappa shape index (κ3) is 5.36. The Labute approximate surface area is 114 Å². The first kappa shape index (κ1) is 15.6. The molecule has 0 aromatic carbocycles. The molecule has 6 heteroatoms. The Balaban J connectivity index is 2.45. The number of amides is 2. The van der Waals surface area contributed by atoms with Crippen molar-refractivity contribution in [1.29, 1.82) is 0 Å². The number of piperidine rings is 1. The van der Waals surface area contributed by atoms with E-state index in [-0.39, 0.29) is 12.1 Å². The fourth-order valence-electron chi connectivity index (χ4n) is 2.09. The fraction of sp³-hybridized carbons (Fsp3) is 0.846. The minimum Gasteiger partial charge on any atom is -0.453 e. The summed E-state index contributed by atoms with van der Waals surface area (Å²) >= 11 is 0. The van der Waals surface area contributed by atoms with Crippen molar-refractivity contribution in [3.8, 4) is 0 Å². The molecule has 2 amide bonds. The Bertz CT molecular complexity index is 325. The number of rotatable bonds is 2. The molecule has 0 spiro atoms. The second-order valence-electron chi connectivity index (χ2n) is 5.70. The Morgan fingerprint density at radius 3 is 2.58 bits per heavy atom.